The second kappa shape index (κ2) is 7.28. The number of rotatable bonds is 4. The van der Waals surface area contributed by atoms with Crippen molar-refractivity contribution in [3.63, 3.8) is 0 Å². The highest BCUT2D eigenvalue weighted by molar-refractivity contribution is 6.12. The highest BCUT2D eigenvalue weighted by Crippen LogP contribution is 2.37. The van der Waals surface area contributed by atoms with Crippen molar-refractivity contribution in [3.8, 4) is 5.75 Å². The van der Waals surface area contributed by atoms with E-state index in [-0.39, 0.29) is 5.78 Å². The van der Waals surface area contributed by atoms with Crippen LogP contribution in [-0.4, -0.2) is 5.78 Å². The summed E-state index contributed by atoms with van der Waals surface area (Å²) in [6.45, 7) is 0.654. The van der Waals surface area contributed by atoms with Crippen LogP contribution in [-0.2, 0) is 6.54 Å². The molecule has 0 saturated carbocycles. The molecule has 1 atom stereocenters. The maximum Gasteiger partial charge on any atom is 0.198 e. The van der Waals surface area contributed by atoms with E-state index in [1.165, 1.54) is 0 Å². The summed E-state index contributed by atoms with van der Waals surface area (Å²) in [4.78, 5) is 13.1. The minimum Gasteiger partial charge on any atom is -0.480 e. The molecule has 0 aliphatic carbocycles. The van der Waals surface area contributed by atoms with Crippen molar-refractivity contribution in [2.24, 2.45) is 0 Å². The number of nitrogens with one attached hydrogen (secondary N) is 1. The number of ether oxygens (including phenoxy) is 1. The first-order valence-electron chi connectivity index (χ1n) is 8.65. The van der Waals surface area contributed by atoms with Gasteiger partial charge in [-0.3, -0.25) is 4.79 Å². The minimum absolute atomic E-state index is 0.00117. The summed E-state index contributed by atoms with van der Waals surface area (Å²) in [5, 5.41) is 3.27. The number of carbonyl (C=O) groups is 1. The quantitative estimate of drug-likeness (QED) is 0.701. The average molecular weight is 341 g/mol. The third-order valence-electron chi connectivity index (χ3n) is 4.43. The molecule has 1 N–H and O–H groups in total. The van der Waals surface area contributed by atoms with Gasteiger partial charge in [0.25, 0.3) is 0 Å². The van der Waals surface area contributed by atoms with Gasteiger partial charge in [-0.1, -0.05) is 72.8 Å². The molecule has 0 radical (unpaired) electrons. The van der Waals surface area contributed by atoms with E-state index in [1.54, 1.807) is 6.20 Å². The van der Waals surface area contributed by atoms with Crippen LogP contribution in [0.3, 0.4) is 0 Å². The number of hydrogen-bond donors (Lipinski definition) is 1. The standard InChI is InChI=1S/C23H19NO2/c25-22-19-13-7-8-14-21(19)26-23(18-11-5-2-6-12-18)20(22)16-24-15-17-9-3-1-4-10-17/h1-14,16,23-24H,15H2/b20-16+. The first kappa shape index (κ1) is 16.2. The molecule has 0 bridgehead atoms. The lowest BCUT2D eigenvalue weighted by atomic mass is 9.91. The molecule has 1 aliphatic heterocycles. The van der Waals surface area contributed by atoms with E-state index >= 15 is 0 Å². The van der Waals surface area contributed by atoms with Crippen LogP contribution in [0, 0.1) is 0 Å². The van der Waals surface area contributed by atoms with Gasteiger partial charge in [0.15, 0.2) is 11.9 Å². The molecule has 1 aliphatic rings. The second-order valence-corrected chi connectivity index (χ2v) is 6.20. The molecule has 1 unspecified atom stereocenters. The predicted octanol–water partition coefficient (Wildman–Crippen LogP) is 4.68. The third-order valence-corrected chi connectivity index (χ3v) is 4.43. The van der Waals surface area contributed by atoms with Crippen LogP contribution in [0.15, 0.2) is 96.7 Å². The Hall–Kier alpha value is -3.33. The number of para-hydroxylation sites is 1. The van der Waals surface area contributed by atoms with Crippen LogP contribution in [0.4, 0.5) is 0 Å². The normalized spacial score (nSPS) is 17.5. The summed E-state index contributed by atoms with van der Waals surface area (Å²) in [5.41, 5.74) is 3.34. The first-order valence-corrected chi connectivity index (χ1v) is 8.65. The Labute approximate surface area is 152 Å². The highest BCUT2D eigenvalue weighted by atomic mass is 16.5. The van der Waals surface area contributed by atoms with Gasteiger partial charge < -0.3 is 10.1 Å². The molecule has 3 aromatic rings. The van der Waals surface area contributed by atoms with E-state index in [9.17, 15) is 4.79 Å². The lowest BCUT2D eigenvalue weighted by molar-refractivity contribution is 0.0959. The van der Waals surface area contributed by atoms with Gasteiger partial charge in [0, 0.05) is 12.7 Å². The smallest absolute Gasteiger partial charge is 0.198 e. The molecule has 0 amide bonds. The number of hydrogen-bond acceptors (Lipinski definition) is 3. The summed E-state index contributed by atoms with van der Waals surface area (Å²) in [5.74, 6) is 0.632. The molecule has 3 heteroatoms. The summed E-state index contributed by atoms with van der Waals surface area (Å²) >= 11 is 0. The lowest BCUT2D eigenvalue weighted by Crippen LogP contribution is -2.25. The van der Waals surface area contributed by atoms with E-state index in [1.807, 2.05) is 72.8 Å². The topological polar surface area (TPSA) is 38.3 Å². The SMILES string of the molecule is O=C1/C(=C\NCc2ccccc2)C(c2ccccc2)Oc2ccccc21. The Balaban J connectivity index is 1.66. The fourth-order valence-corrected chi connectivity index (χ4v) is 3.11. The molecular formula is C23H19NO2. The van der Waals surface area contributed by atoms with Crippen molar-refractivity contribution in [2.45, 2.75) is 12.6 Å². The Morgan fingerprint density at radius 1 is 0.846 bits per heavy atom. The number of benzene rings is 3. The van der Waals surface area contributed by atoms with Gasteiger partial charge in [-0.2, -0.15) is 0 Å². The van der Waals surface area contributed by atoms with Gasteiger partial charge in [-0.05, 0) is 23.3 Å². The van der Waals surface area contributed by atoms with Gasteiger partial charge >= 0.3 is 0 Å². The van der Waals surface area contributed by atoms with Crippen molar-refractivity contribution >= 4 is 5.78 Å². The van der Waals surface area contributed by atoms with Crippen LogP contribution in [0.1, 0.15) is 27.6 Å². The van der Waals surface area contributed by atoms with Crippen LogP contribution < -0.4 is 10.1 Å². The van der Waals surface area contributed by atoms with Crippen molar-refractivity contribution < 1.29 is 9.53 Å². The van der Waals surface area contributed by atoms with E-state index in [4.69, 9.17) is 4.74 Å². The van der Waals surface area contributed by atoms with E-state index in [2.05, 4.69) is 17.4 Å². The summed E-state index contributed by atoms with van der Waals surface area (Å²) in [6.07, 6.45) is 1.38. The molecular weight excluding hydrogens is 322 g/mol. The molecule has 0 saturated heterocycles. The second-order valence-electron chi connectivity index (χ2n) is 6.20. The first-order chi connectivity index (χ1) is 12.8. The van der Waals surface area contributed by atoms with Crippen molar-refractivity contribution in [1.29, 1.82) is 0 Å². The maximum atomic E-state index is 13.1. The van der Waals surface area contributed by atoms with Gasteiger partial charge in [0.2, 0.25) is 0 Å². The summed E-state index contributed by atoms with van der Waals surface area (Å²) in [7, 11) is 0. The monoisotopic (exact) mass is 341 g/mol. The molecule has 128 valence electrons. The van der Waals surface area contributed by atoms with E-state index in [0.717, 1.165) is 11.1 Å². The maximum absolute atomic E-state index is 13.1. The van der Waals surface area contributed by atoms with Crippen LogP contribution in [0.5, 0.6) is 5.75 Å². The van der Waals surface area contributed by atoms with Crippen molar-refractivity contribution in [1.82, 2.24) is 5.32 Å². The Bertz CT molecular complexity index is 933. The minimum atomic E-state index is -0.415. The zero-order chi connectivity index (χ0) is 17.8. The number of fused-ring (bicyclic) bond motifs is 1. The van der Waals surface area contributed by atoms with Crippen molar-refractivity contribution in [3.05, 3.63) is 113 Å². The number of ketones is 1. The highest BCUT2D eigenvalue weighted by Gasteiger charge is 2.32. The number of Topliss-reactive ketones (excluding diaryl/α,β-unsaturated/α-hetero) is 1. The van der Waals surface area contributed by atoms with Gasteiger partial charge in [0.05, 0.1) is 11.1 Å². The third kappa shape index (κ3) is 3.24. The van der Waals surface area contributed by atoms with E-state index < -0.39 is 6.10 Å². The summed E-state index contributed by atoms with van der Waals surface area (Å²) < 4.78 is 6.17. The molecule has 3 nitrogen and oxygen atoms in total. The van der Waals surface area contributed by atoms with Crippen LogP contribution in [0.25, 0.3) is 0 Å². The Kier molecular flexibility index (Phi) is 4.52. The molecule has 0 fully saturated rings. The zero-order valence-corrected chi connectivity index (χ0v) is 14.3. The molecule has 26 heavy (non-hydrogen) atoms. The number of carbonyl (C=O) groups excluding carboxylic acids is 1. The van der Waals surface area contributed by atoms with Gasteiger partial charge in [-0.15, -0.1) is 0 Å². The molecule has 4 rings (SSSR count). The van der Waals surface area contributed by atoms with Crippen molar-refractivity contribution in [2.75, 3.05) is 0 Å². The molecule has 0 spiro atoms. The van der Waals surface area contributed by atoms with E-state index in [0.29, 0.717) is 23.4 Å². The Morgan fingerprint density at radius 3 is 2.27 bits per heavy atom. The van der Waals surface area contributed by atoms with Crippen LogP contribution in [0.2, 0.25) is 0 Å². The van der Waals surface area contributed by atoms with Gasteiger partial charge in [0.1, 0.15) is 5.75 Å². The predicted molar refractivity (Wildman–Crippen MR) is 102 cm³/mol. The molecule has 0 aromatic heterocycles. The Morgan fingerprint density at radius 2 is 1.50 bits per heavy atom. The average Bonchev–Trinajstić information content (AvgIpc) is 2.71. The lowest BCUT2D eigenvalue weighted by Gasteiger charge is -2.28. The largest absolute Gasteiger partial charge is 0.480 e. The zero-order valence-electron chi connectivity index (χ0n) is 14.3. The van der Waals surface area contributed by atoms with Crippen LogP contribution >= 0.6 is 0 Å². The fraction of sp³-hybridized carbons (Fsp3) is 0.0870. The molecule has 3 aromatic carbocycles. The summed E-state index contributed by atoms with van der Waals surface area (Å²) in [6, 6.07) is 27.3. The fourth-order valence-electron chi connectivity index (χ4n) is 3.11. The van der Waals surface area contributed by atoms with Gasteiger partial charge in [-0.25, -0.2) is 0 Å². The molecule has 1 heterocycles.